The molecule has 1 aromatic rings. The van der Waals surface area contributed by atoms with E-state index in [4.69, 9.17) is 0 Å². The molecule has 7 heteroatoms. The molecular formula is C12H9BrFNO4. The highest BCUT2D eigenvalue weighted by molar-refractivity contribution is 9.10. The van der Waals surface area contributed by atoms with E-state index in [1.807, 2.05) is 0 Å². The van der Waals surface area contributed by atoms with Gasteiger partial charge in [-0.25, -0.2) is 4.39 Å². The lowest BCUT2D eigenvalue weighted by atomic mass is 10.1. The second-order valence-corrected chi connectivity index (χ2v) is 4.83. The summed E-state index contributed by atoms with van der Waals surface area (Å²) in [6.07, 6.45) is 0. The molecule has 1 heterocycles. The summed E-state index contributed by atoms with van der Waals surface area (Å²) in [5.41, 5.74) is 0.198. The number of benzene rings is 1. The number of ether oxygens (including phenoxy) is 1. The van der Waals surface area contributed by atoms with Crippen LogP contribution in [0.1, 0.15) is 10.4 Å². The molecule has 2 rings (SSSR count). The number of anilines is 1. The molecule has 1 aliphatic rings. The molecule has 19 heavy (non-hydrogen) atoms. The van der Waals surface area contributed by atoms with Crippen LogP contribution in [0.5, 0.6) is 0 Å². The normalized spacial score (nSPS) is 13.9. The van der Waals surface area contributed by atoms with Crippen LogP contribution in [0.3, 0.4) is 0 Å². The number of fused-ring (bicyclic) bond motifs is 1. The Labute approximate surface area is 116 Å². The standard InChI is InChI=1S/C12H9BrFNO4/c1-19-5-6(16)4-15-10-3-9(14)8(13)2-7(10)11(17)12(15)18/h2-3H,4-5H2,1H3. The zero-order valence-corrected chi connectivity index (χ0v) is 11.5. The van der Waals surface area contributed by atoms with E-state index in [2.05, 4.69) is 20.7 Å². The Bertz CT molecular complexity index is 587. The molecule has 0 atom stereocenters. The third kappa shape index (κ3) is 2.43. The van der Waals surface area contributed by atoms with Crippen LogP contribution in [0.25, 0.3) is 0 Å². The molecule has 1 aliphatic heterocycles. The van der Waals surface area contributed by atoms with Crippen molar-refractivity contribution in [1.82, 2.24) is 0 Å². The van der Waals surface area contributed by atoms with Crippen molar-refractivity contribution in [3.63, 3.8) is 0 Å². The fourth-order valence-corrected chi connectivity index (χ4v) is 2.17. The van der Waals surface area contributed by atoms with E-state index >= 15 is 0 Å². The van der Waals surface area contributed by atoms with Crippen molar-refractivity contribution in [3.05, 3.63) is 28.0 Å². The van der Waals surface area contributed by atoms with Gasteiger partial charge in [-0.05, 0) is 28.1 Å². The zero-order valence-electron chi connectivity index (χ0n) is 9.91. The fourth-order valence-electron chi connectivity index (χ4n) is 1.83. The molecule has 5 nitrogen and oxygen atoms in total. The minimum absolute atomic E-state index is 0.0866. The van der Waals surface area contributed by atoms with Crippen LogP contribution < -0.4 is 4.90 Å². The average Bonchev–Trinajstić information content (AvgIpc) is 2.56. The van der Waals surface area contributed by atoms with Crippen LogP contribution in [0.15, 0.2) is 16.6 Å². The topological polar surface area (TPSA) is 63.7 Å². The minimum atomic E-state index is -0.836. The number of carbonyl (C=O) groups is 3. The third-order valence-corrected chi connectivity index (χ3v) is 3.26. The number of Topliss-reactive ketones (excluding diaryl/α,β-unsaturated/α-hetero) is 2. The van der Waals surface area contributed by atoms with Gasteiger partial charge >= 0.3 is 0 Å². The monoisotopic (exact) mass is 329 g/mol. The first-order chi connectivity index (χ1) is 8.95. The third-order valence-electron chi connectivity index (χ3n) is 2.65. The number of methoxy groups -OCH3 is 1. The van der Waals surface area contributed by atoms with Gasteiger partial charge in [0.2, 0.25) is 0 Å². The molecule has 0 radical (unpaired) electrons. The Balaban J connectivity index is 2.38. The lowest BCUT2D eigenvalue weighted by Gasteiger charge is -2.15. The SMILES string of the molecule is COCC(=O)CN1C(=O)C(=O)c2cc(Br)c(F)cc21. The number of carbonyl (C=O) groups excluding carboxylic acids is 3. The van der Waals surface area contributed by atoms with Crippen molar-refractivity contribution >= 4 is 39.1 Å². The van der Waals surface area contributed by atoms with Gasteiger partial charge in [0.05, 0.1) is 22.3 Å². The highest BCUT2D eigenvalue weighted by atomic mass is 79.9. The van der Waals surface area contributed by atoms with Gasteiger partial charge in [-0.15, -0.1) is 0 Å². The maximum atomic E-state index is 13.5. The number of hydrogen-bond acceptors (Lipinski definition) is 4. The molecule has 0 N–H and O–H groups in total. The highest BCUT2D eigenvalue weighted by Gasteiger charge is 2.37. The van der Waals surface area contributed by atoms with Gasteiger partial charge in [-0.2, -0.15) is 0 Å². The Morgan fingerprint density at radius 1 is 1.42 bits per heavy atom. The number of halogens is 2. The van der Waals surface area contributed by atoms with Gasteiger partial charge < -0.3 is 4.74 Å². The predicted molar refractivity (Wildman–Crippen MR) is 67.7 cm³/mol. The summed E-state index contributed by atoms with van der Waals surface area (Å²) in [5.74, 6) is -2.57. The largest absolute Gasteiger partial charge is 0.377 e. The van der Waals surface area contributed by atoms with Gasteiger partial charge in [0.1, 0.15) is 12.4 Å². The quantitative estimate of drug-likeness (QED) is 0.782. The van der Waals surface area contributed by atoms with Crippen molar-refractivity contribution in [2.45, 2.75) is 0 Å². The van der Waals surface area contributed by atoms with E-state index in [0.29, 0.717) is 0 Å². The molecule has 0 saturated carbocycles. The van der Waals surface area contributed by atoms with Gasteiger partial charge in [-0.1, -0.05) is 0 Å². The predicted octanol–water partition coefficient (Wildman–Crippen LogP) is 1.33. The lowest BCUT2D eigenvalue weighted by Crippen LogP contribution is -2.35. The molecule has 0 aliphatic carbocycles. The maximum absolute atomic E-state index is 13.5. The highest BCUT2D eigenvalue weighted by Crippen LogP contribution is 2.33. The maximum Gasteiger partial charge on any atom is 0.299 e. The van der Waals surface area contributed by atoms with Crippen LogP contribution in [0.2, 0.25) is 0 Å². The van der Waals surface area contributed by atoms with Crippen molar-refractivity contribution in [2.75, 3.05) is 25.2 Å². The molecule has 1 aromatic carbocycles. The molecular weight excluding hydrogens is 321 g/mol. The smallest absolute Gasteiger partial charge is 0.299 e. The summed E-state index contributed by atoms with van der Waals surface area (Å²) < 4.78 is 18.2. The van der Waals surface area contributed by atoms with Crippen LogP contribution in [-0.2, 0) is 14.3 Å². The Morgan fingerprint density at radius 2 is 2.11 bits per heavy atom. The molecule has 0 aromatic heterocycles. The van der Waals surface area contributed by atoms with Crippen molar-refractivity contribution < 1.29 is 23.5 Å². The van der Waals surface area contributed by atoms with E-state index < -0.39 is 17.5 Å². The molecule has 0 spiro atoms. The molecule has 0 bridgehead atoms. The summed E-state index contributed by atoms with van der Waals surface area (Å²) in [4.78, 5) is 35.9. The molecule has 0 saturated heterocycles. The van der Waals surface area contributed by atoms with E-state index in [1.165, 1.54) is 13.2 Å². The van der Waals surface area contributed by atoms with Crippen molar-refractivity contribution in [1.29, 1.82) is 0 Å². The second-order valence-electron chi connectivity index (χ2n) is 3.98. The Hall–Kier alpha value is -1.60. The average molecular weight is 330 g/mol. The van der Waals surface area contributed by atoms with Crippen LogP contribution in [0, 0.1) is 5.82 Å². The number of rotatable bonds is 4. The number of hydrogen-bond donors (Lipinski definition) is 0. The first-order valence-electron chi connectivity index (χ1n) is 5.31. The molecule has 0 fully saturated rings. The zero-order chi connectivity index (χ0) is 14.2. The van der Waals surface area contributed by atoms with E-state index in [0.717, 1.165) is 11.0 Å². The van der Waals surface area contributed by atoms with Crippen molar-refractivity contribution in [2.24, 2.45) is 0 Å². The van der Waals surface area contributed by atoms with Crippen molar-refractivity contribution in [3.8, 4) is 0 Å². The Morgan fingerprint density at radius 3 is 2.74 bits per heavy atom. The second kappa shape index (κ2) is 5.18. The first-order valence-corrected chi connectivity index (χ1v) is 6.11. The Kier molecular flexibility index (Phi) is 3.77. The number of ketones is 2. The molecule has 1 amide bonds. The summed E-state index contributed by atoms with van der Waals surface area (Å²) in [6.45, 7) is -0.487. The van der Waals surface area contributed by atoms with Gasteiger partial charge in [0, 0.05) is 7.11 Å². The summed E-state index contributed by atoms with van der Waals surface area (Å²) in [6, 6.07) is 2.30. The number of amides is 1. The molecule has 0 unspecified atom stereocenters. The summed E-state index contributed by atoms with van der Waals surface area (Å²) >= 11 is 2.95. The van der Waals surface area contributed by atoms with E-state index in [9.17, 15) is 18.8 Å². The van der Waals surface area contributed by atoms with Crippen LogP contribution >= 0.6 is 15.9 Å². The minimum Gasteiger partial charge on any atom is -0.377 e. The van der Waals surface area contributed by atoms with E-state index in [-0.39, 0.29) is 34.7 Å². The summed E-state index contributed by atoms with van der Waals surface area (Å²) in [5, 5.41) is 0. The van der Waals surface area contributed by atoms with E-state index in [1.54, 1.807) is 0 Å². The van der Waals surface area contributed by atoms with Gasteiger partial charge in [-0.3, -0.25) is 19.3 Å². The summed E-state index contributed by atoms with van der Waals surface area (Å²) in [7, 11) is 1.35. The van der Waals surface area contributed by atoms with Gasteiger partial charge in [0.15, 0.2) is 5.78 Å². The van der Waals surface area contributed by atoms with Gasteiger partial charge in [0.25, 0.3) is 11.7 Å². The lowest BCUT2D eigenvalue weighted by molar-refractivity contribution is -0.123. The number of nitrogens with zero attached hydrogens (tertiary/aromatic N) is 1. The first kappa shape index (κ1) is 13.8. The van der Waals surface area contributed by atoms with Crippen LogP contribution in [0.4, 0.5) is 10.1 Å². The van der Waals surface area contributed by atoms with Crippen LogP contribution in [-0.4, -0.2) is 37.7 Å². The fraction of sp³-hybridized carbons (Fsp3) is 0.250. The molecule has 100 valence electrons.